The van der Waals surface area contributed by atoms with Gasteiger partial charge < -0.3 is 10.1 Å². The summed E-state index contributed by atoms with van der Waals surface area (Å²) in [6.07, 6.45) is 5.43. The molecule has 36 heavy (non-hydrogen) atoms. The third-order valence-corrected chi connectivity index (χ3v) is 8.06. The van der Waals surface area contributed by atoms with Gasteiger partial charge in [-0.3, -0.25) is 19.0 Å². The van der Waals surface area contributed by atoms with Crippen molar-refractivity contribution in [1.82, 2.24) is 9.55 Å². The Bertz CT molecular complexity index is 1600. The van der Waals surface area contributed by atoms with Crippen molar-refractivity contribution < 1.29 is 14.3 Å². The van der Waals surface area contributed by atoms with Gasteiger partial charge >= 0.3 is 0 Å². The molecule has 0 saturated heterocycles. The van der Waals surface area contributed by atoms with E-state index < -0.39 is 12.1 Å². The SMILES string of the molecule is CC1Oc2ccc(C(=O)C(C)n3cnc4scc(-c5ccc6c(c5)CCCC6)c4c3=O)cc2NC1=O. The summed E-state index contributed by atoms with van der Waals surface area (Å²) in [5.41, 5.74) is 5.20. The Hall–Kier alpha value is -3.78. The monoisotopic (exact) mass is 499 g/mol. The lowest BCUT2D eigenvalue weighted by molar-refractivity contribution is -0.122. The number of ketones is 1. The average Bonchev–Trinajstić information content (AvgIpc) is 3.33. The molecule has 7 nitrogen and oxygen atoms in total. The molecule has 0 fully saturated rings. The second kappa shape index (κ2) is 8.71. The quantitative estimate of drug-likeness (QED) is 0.392. The molecule has 3 heterocycles. The fourth-order valence-electron chi connectivity index (χ4n) is 5.06. The number of benzene rings is 2. The molecule has 8 heteroatoms. The first-order chi connectivity index (χ1) is 17.4. The number of carbonyl (C=O) groups is 2. The van der Waals surface area contributed by atoms with Gasteiger partial charge in [-0.2, -0.15) is 0 Å². The van der Waals surface area contributed by atoms with E-state index in [2.05, 4.69) is 28.5 Å². The van der Waals surface area contributed by atoms with E-state index in [1.807, 2.05) is 5.38 Å². The van der Waals surface area contributed by atoms with Crippen molar-refractivity contribution in [2.45, 2.75) is 51.7 Å². The van der Waals surface area contributed by atoms with Crippen molar-refractivity contribution in [1.29, 1.82) is 0 Å². The lowest BCUT2D eigenvalue weighted by Gasteiger charge is -2.24. The van der Waals surface area contributed by atoms with Gasteiger partial charge in [-0.15, -0.1) is 11.3 Å². The van der Waals surface area contributed by atoms with Crippen LogP contribution < -0.4 is 15.6 Å². The number of amides is 1. The molecule has 2 aliphatic rings. The first-order valence-electron chi connectivity index (χ1n) is 12.2. The molecule has 2 aromatic carbocycles. The highest BCUT2D eigenvalue weighted by molar-refractivity contribution is 7.17. The van der Waals surface area contributed by atoms with E-state index in [4.69, 9.17) is 4.74 Å². The summed E-state index contributed by atoms with van der Waals surface area (Å²) in [5, 5.41) is 5.29. The van der Waals surface area contributed by atoms with E-state index in [1.165, 1.54) is 46.2 Å². The molecule has 2 atom stereocenters. The van der Waals surface area contributed by atoms with Crippen LogP contribution in [0, 0.1) is 0 Å². The minimum Gasteiger partial charge on any atom is -0.479 e. The number of hydrogen-bond donors (Lipinski definition) is 1. The second-order valence-corrected chi connectivity index (χ2v) is 10.3. The molecule has 4 aromatic rings. The maximum atomic E-state index is 13.7. The van der Waals surface area contributed by atoms with Crippen LogP contribution in [0.1, 0.15) is 54.2 Å². The minimum atomic E-state index is -0.775. The second-order valence-electron chi connectivity index (χ2n) is 9.48. The van der Waals surface area contributed by atoms with Crippen molar-refractivity contribution in [2.75, 3.05) is 5.32 Å². The van der Waals surface area contributed by atoms with Gasteiger partial charge in [0.15, 0.2) is 11.9 Å². The van der Waals surface area contributed by atoms with Crippen LogP contribution in [0.25, 0.3) is 21.3 Å². The maximum absolute atomic E-state index is 13.7. The number of rotatable bonds is 4. The number of nitrogens with one attached hydrogen (secondary N) is 1. The molecule has 182 valence electrons. The van der Waals surface area contributed by atoms with Crippen LogP contribution in [0.5, 0.6) is 5.75 Å². The van der Waals surface area contributed by atoms with Crippen LogP contribution in [0.2, 0.25) is 0 Å². The zero-order valence-corrected chi connectivity index (χ0v) is 20.9. The standard InChI is InChI=1S/C28H25N3O4S/c1-15(25(32)20-9-10-23-22(12-20)30-26(33)16(2)35-23)31-14-29-27-24(28(31)34)21(13-36-27)19-8-7-17-5-3-4-6-18(17)11-19/h7-16H,3-6H2,1-2H3,(H,30,33). The van der Waals surface area contributed by atoms with Crippen LogP contribution in [-0.2, 0) is 17.6 Å². The normalized spacial score (nSPS) is 17.6. The summed E-state index contributed by atoms with van der Waals surface area (Å²) in [6.45, 7) is 3.36. The van der Waals surface area contributed by atoms with Crippen molar-refractivity contribution in [3.63, 3.8) is 0 Å². The Balaban J connectivity index is 1.36. The number of thiophene rings is 1. The minimum absolute atomic E-state index is 0.238. The van der Waals surface area contributed by atoms with Crippen LogP contribution in [0.3, 0.4) is 0 Å². The predicted molar refractivity (Wildman–Crippen MR) is 140 cm³/mol. The Morgan fingerprint density at radius 2 is 1.94 bits per heavy atom. The lowest BCUT2D eigenvalue weighted by atomic mass is 9.89. The number of Topliss-reactive ketones (excluding diaryl/α,β-unsaturated/α-hetero) is 1. The molecule has 2 unspecified atom stereocenters. The van der Waals surface area contributed by atoms with Gasteiger partial charge in [0.1, 0.15) is 10.6 Å². The Morgan fingerprint density at radius 1 is 1.14 bits per heavy atom. The largest absolute Gasteiger partial charge is 0.479 e. The van der Waals surface area contributed by atoms with E-state index in [9.17, 15) is 14.4 Å². The molecule has 1 amide bonds. The highest BCUT2D eigenvalue weighted by Crippen LogP contribution is 2.34. The number of ether oxygens (including phenoxy) is 1. The van der Waals surface area contributed by atoms with E-state index in [1.54, 1.807) is 32.0 Å². The third-order valence-electron chi connectivity index (χ3n) is 7.17. The molecule has 2 aromatic heterocycles. The molecule has 1 N–H and O–H groups in total. The molecule has 0 spiro atoms. The zero-order valence-electron chi connectivity index (χ0n) is 20.0. The van der Waals surface area contributed by atoms with Gasteiger partial charge in [-0.25, -0.2) is 4.98 Å². The fourth-order valence-corrected chi connectivity index (χ4v) is 5.97. The third kappa shape index (κ3) is 3.73. The topological polar surface area (TPSA) is 90.3 Å². The van der Waals surface area contributed by atoms with Gasteiger partial charge in [0, 0.05) is 16.5 Å². The van der Waals surface area contributed by atoms with E-state index >= 15 is 0 Å². The molecule has 0 radical (unpaired) electrons. The Morgan fingerprint density at radius 3 is 2.78 bits per heavy atom. The van der Waals surface area contributed by atoms with E-state index in [-0.39, 0.29) is 17.2 Å². The van der Waals surface area contributed by atoms with Crippen molar-refractivity contribution in [3.8, 4) is 16.9 Å². The van der Waals surface area contributed by atoms with Crippen molar-refractivity contribution in [2.24, 2.45) is 0 Å². The van der Waals surface area contributed by atoms with Crippen molar-refractivity contribution >= 4 is 38.9 Å². The highest BCUT2D eigenvalue weighted by Gasteiger charge is 2.26. The molecule has 1 aliphatic carbocycles. The summed E-state index contributed by atoms with van der Waals surface area (Å²) in [5.74, 6) is -0.00261. The average molecular weight is 500 g/mol. The zero-order chi connectivity index (χ0) is 25.0. The fraction of sp³-hybridized carbons (Fsp3) is 0.286. The molecular formula is C28H25N3O4S. The first kappa shape index (κ1) is 22.7. The van der Waals surface area contributed by atoms with Gasteiger partial charge in [0.2, 0.25) is 0 Å². The van der Waals surface area contributed by atoms with Crippen LogP contribution >= 0.6 is 11.3 Å². The van der Waals surface area contributed by atoms with Crippen LogP contribution in [-0.4, -0.2) is 27.3 Å². The lowest BCUT2D eigenvalue weighted by Crippen LogP contribution is -2.34. The first-order valence-corrected chi connectivity index (χ1v) is 13.0. The molecular weight excluding hydrogens is 474 g/mol. The number of hydrogen-bond acceptors (Lipinski definition) is 6. The number of anilines is 1. The highest BCUT2D eigenvalue weighted by atomic mass is 32.1. The van der Waals surface area contributed by atoms with Gasteiger partial charge in [0.05, 0.1) is 23.4 Å². The van der Waals surface area contributed by atoms with Gasteiger partial charge in [0.25, 0.3) is 11.5 Å². The molecule has 0 bridgehead atoms. The summed E-state index contributed by atoms with van der Waals surface area (Å²) >= 11 is 1.44. The van der Waals surface area contributed by atoms with E-state index in [0.717, 1.165) is 24.0 Å². The number of aromatic nitrogens is 2. The number of nitrogens with zero attached hydrogens (tertiary/aromatic N) is 2. The summed E-state index contributed by atoms with van der Waals surface area (Å²) in [7, 11) is 0. The van der Waals surface area contributed by atoms with Gasteiger partial charge in [-0.05, 0) is 74.4 Å². The summed E-state index contributed by atoms with van der Waals surface area (Å²) < 4.78 is 6.98. The number of aryl methyl sites for hydroxylation is 2. The van der Waals surface area contributed by atoms with Crippen LogP contribution in [0.4, 0.5) is 5.69 Å². The number of carbonyl (C=O) groups excluding carboxylic acids is 2. The molecule has 6 rings (SSSR count). The predicted octanol–water partition coefficient (Wildman–Crippen LogP) is 5.17. The summed E-state index contributed by atoms with van der Waals surface area (Å²) in [6, 6.07) is 10.6. The Kier molecular flexibility index (Phi) is 5.48. The van der Waals surface area contributed by atoms with Gasteiger partial charge in [-0.1, -0.05) is 18.2 Å². The van der Waals surface area contributed by atoms with Crippen LogP contribution in [0.15, 0.2) is 52.9 Å². The smallest absolute Gasteiger partial charge is 0.265 e. The number of fused-ring (bicyclic) bond motifs is 3. The van der Waals surface area contributed by atoms with E-state index in [0.29, 0.717) is 27.2 Å². The summed E-state index contributed by atoms with van der Waals surface area (Å²) in [4.78, 5) is 44.2. The van der Waals surface area contributed by atoms with Crippen molar-refractivity contribution in [3.05, 3.63) is 75.1 Å². The maximum Gasteiger partial charge on any atom is 0.265 e. The molecule has 0 saturated carbocycles. The Labute approximate surface area is 211 Å². The molecule has 1 aliphatic heterocycles.